The minimum absolute atomic E-state index is 0.0358. The van der Waals surface area contributed by atoms with Gasteiger partial charge in [0.15, 0.2) is 5.65 Å². The number of pyridine rings is 3. The fourth-order valence-corrected chi connectivity index (χ4v) is 12.6. The van der Waals surface area contributed by atoms with Crippen LogP contribution in [0.4, 0.5) is 27.4 Å². The third-order valence-electron chi connectivity index (χ3n) is 16.8. The number of nitrogens with one attached hydrogen (secondary N) is 2. The average Bonchev–Trinajstić information content (AvgIpc) is 4.41. The van der Waals surface area contributed by atoms with E-state index in [0.717, 1.165) is 96.9 Å². The highest BCUT2D eigenvalue weighted by Gasteiger charge is 2.46. The predicted octanol–water partition coefficient (Wildman–Crippen LogP) is 5.51. The van der Waals surface area contributed by atoms with Gasteiger partial charge >= 0.3 is 0 Å². The van der Waals surface area contributed by atoms with Crippen molar-refractivity contribution in [3.05, 3.63) is 131 Å². The quantitative estimate of drug-likeness (QED) is 0.107. The minimum atomic E-state index is -1.04. The van der Waals surface area contributed by atoms with Crippen LogP contribution in [-0.2, 0) is 20.9 Å². The van der Waals surface area contributed by atoms with Crippen LogP contribution in [0.25, 0.3) is 28.1 Å². The number of piperidine rings is 3. The van der Waals surface area contributed by atoms with E-state index < -0.39 is 29.7 Å². The van der Waals surface area contributed by atoms with Crippen LogP contribution in [0, 0.1) is 30.5 Å². The van der Waals surface area contributed by atoms with E-state index in [1.54, 1.807) is 42.7 Å². The maximum atomic E-state index is 16.1. The molecule has 2 bridgehead atoms. The second kappa shape index (κ2) is 20.6. The van der Waals surface area contributed by atoms with Crippen molar-refractivity contribution in [2.45, 2.75) is 82.6 Å². The minimum Gasteiger partial charge on any atom is -0.384 e. The van der Waals surface area contributed by atoms with E-state index in [2.05, 4.69) is 47.3 Å². The summed E-state index contributed by atoms with van der Waals surface area (Å²) in [7, 11) is 0. The Kier molecular flexibility index (Phi) is 13.0. The van der Waals surface area contributed by atoms with Gasteiger partial charge in [-0.2, -0.15) is 5.10 Å². The number of carbonyl (C=O) groups is 5. The molecular weight excluding hydrogens is 1020 g/mol. The lowest BCUT2D eigenvalue weighted by molar-refractivity contribution is -0.138. The molecule has 6 aliphatic rings. The molecule has 5 saturated heterocycles. The van der Waals surface area contributed by atoms with E-state index in [1.807, 2.05) is 75.9 Å². The van der Waals surface area contributed by atoms with E-state index in [9.17, 15) is 24.0 Å². The van der Waals surface area contributed by atoms with E-state index in [0.29, 0.717) is 60.5 Å². The number of hydrogen-bond donors (Lipinski definition) is 3. The monoisotopic (exact) mass is 1080 g/mol. The number of nitrogen functional groups attached to an aromatic ring is 1. The van der Waals surface area contributed by atoms with Crippen molar-refractivity contribution in [1.29, 1.82) is 0 Å². The molecule has 0 spiro atoms. The van der Waals surface area contributed by atoms with Gasteiger partial charge in [-0.25, -0.2) is 24.3 Å². The molecule has 21 heteroatoms. The Balaban J connectivity index is 0.550. The van der Waals surface area contributed by atoms with Crippen LogP contribution >= 0.6 is 0 Å². The molecule has 3 atom stereocenters. The van der Waals surface area contributed by atoms with Crippen LogP contribution < -0.4 is 26.2 Å². The van der Waals surface area contributed by atoms with E-state index in [1.165, 1.54) is 0 Å². The van der Waals surface area contributed by atoms with Crippen LogP contribution in [0.5, 0.6) is 0 Å². The summed E-state index contributed by atoms with van der Waals surface area (Å²) < 4.78 is 19.9. The van der Waals surface area contributed by atoms with Crippen molar-refractivity contribution >= 4 is 63.7 Å². The van der Waals surface area contributed by atoms with Gasteiger partial charge in [0.2, 0.25) is 17.7 Å². The maximum absolute atomic E-state index is 16.1. The fraction of sp³-hybridized carbons (Fsp3) is 0.356. The molecule has 1 unspecified atom stereocenters. The van der Waals surface area contributed by atoms with Crippen molar-refractivity contribution in [3.8, 4) is 28.8 Å². The van der Waals surface area contributed by atoms with Crippen molar-refractivity contribution in [1.82, 2.24) is 54.3 Å². The first-order valence-electron chi connectivity index (χ1n) is 27.4. The number of piperazine rings is 1. The number of nitrogens with zero attached hydrogens (tertiary/aromatic N) is 12. The smallest absolute Gasteiger partial charge is 0.264 e. The van der Waals surface area contributed by atoms with Gasteiger partial charge < -0.3 is 25.8 Å². The number of fused-ring (bicyclic) bond motifs is 4. The standard InChI is InChI=1S/C59H58FN15O5/c1-35-66-48-10-9-46(39-15-20-62-51(61)26-39)67-55(48)74(35)41-8-11-49(45(60)28-41)72-34-42-27-43(72)33-71(42)21-3-4-36-7-13-52(64-29-36)69-22-16-38(17-23-69)57(78)70-24-18-40(19-25-70)73-32-37(31-65-73)30-63-47-6-2-5-44-54(47)59(80)75(58(44)79)50-12-14-53(76)68-56(50)77/h2,5-11,13,15,20,26,28-29,31-32,38,40,42-43,50,63H,12,14,16-19,21-25,27,30,33-34H2,1H3,(H2,61,62)(H,68,76,77)/t42-,43-,50?/m0/s1. The number of hydrogen-bond acceptors (Lipinski definition) is 15. The molecule has 4 N–H and O–H groups in total. The number of imidazole rings is 1. The van der Waals surface area contributed by atoms with Crippen LogP contribution in [0.3, 0.4) is 0 Å². The molecule has 7 aromatic rings. The second-order valence-electron chi connectivity index (χ2n) is 21.6. The topological polar surface area (TPSA) is 226 Å². The molecule has 11 heterocycles. The average molecular weight is 1080 g/mol. The van der Waals surface area contributed by atoms with E-state index in [4.69, 9.17) is 20.7 Å². The molecule has 6 aliphatic heterocycles. The van der Waals surface area contributed by atoms with Gasteiger partial charge in [-0.3, -0.25) is 48.3 Å². The summed E-state index contributed by atoms with van der Waals surface area (Å²) in [6.45, 7) is 7.22. The fourth-order valence-electron chi connectivity index (χ4n) is 12.6. The first kappa shape index (κ1) is 50.5. The highest BCUT2D eigenvalue weighted by molar-refractivity contribution is 6.25. The molecule has 80 heavy (non-hydrogen) atoms. The number of amides is 5. The summed E-state index contributed by atoms with van der Waals surface area (Å²) in [5, 5.41) is 10.2. The van der Waals surface area contributed by atoms with Crippen LogP contribution in [0.15, 0.2) is 97.6 Å². The van der Waals surface area contributed by atoms with Gasteiger partial charge in [0.1, 0.15) is 34.8 Å². The summed E-state index contributed by atoms with van der Waals surface area (Å²) in [4.78, 5) is 93.1. The number of nitrogens with two attached hydrogens (primary N) is 1. The van der Waals surface area contributed by atoms with Gasteiger partial charge in [-0.15, -0.1) is 0 Å². The van der Waals surface area contributed by atoms with Gasteiger partial charge in [0.25, 0.3) is 11.8 Å². The molecule has 406 valence electrons. The summed E-state index contributed by atoms with van der Waals surface area (Å²) in [5.74, 6) is 6.40. The van der Waals surface area contributed by atoms with E-state index >= 15 is 4.39 Å². The molecule has 0 saturated carbocycles. The molecule has 5 amide bonds. The number of rotatable bonds is 11. The van der Waals surface area contributed by atoms with E-state index in [-0.39, 0.29) is 59.7 Å². The summed E-state index contributed by atoms with van der Waals surface area (Å²) in [6, 6.07) is 21.5. The Bertz CT molecular complexity index is 3700. The Morgan fingerprint density at radius 3 is 2.48 bits per heavy atom. The zero-order valence-electron chi connectivity index (χ0n) is 44.1. The van der Waals surface area contributed by atoms with Crippen molar-refractivity contribution in [3.63, 3.8) is 0 Å². The summed E-state index contributed by atoms with van der Waals surface area (Å²) in [6.07, 6.45) is 11.4. The molecule has 20 nitrogen and oxygen atoms in total. The molecule has 0 aliphatic carbocycles. The Morgan fingerprint density at radius 2 is 1.71 bits per heavy atom. The first-order chi connectivity index (χ1) is 38.9. The summed E-state index contributed by atoms with van der Waals surface area (Å²) in [5.41, 5.74) is 12.8. The molecule has 5 aromatic heterocycles. The number of halogens is 1. The lowest BCUT2D eigenvalue weighted by atomic mass is 9.93. The Labute approximate surface area is 460 Å². The Hall–Kier alpha value is -9.03. The van der Waals surface area contributed by atoms with Gasteiger partial charge in [0.05, 0.1) is 47.0 Å². The normalized spacial score (nSPS) is 20.6. The van der Waals surface area contributed by atoms with Crippen LogP contribution in [-0.4, -0.2) is 142 Å². The maximum Gasteiger partial charge on any atom is 0.264 e. The molecular formula is C59H58FN15O5. The molecule has 5 fully saturated rings. The van der Waals surface area contributed by atoms with Crippen molar-refractivity contribution in [2.24, 2.45) is 5.92 Å². The first-order valence-corrected chi connectivity index (χ1v) is 27.4. The number of imide groups is 2. The Morgan fingerprint density at radius 1 is 0.863 bits per heavy atom. The van der Waals surface area contributed by atoms with Gasteiger partial charge in [-0.05, 0) is 106 Å². The lowest BCUT2D eigenvalue weighted by Gasteiger charge is -2.37. The predicted molar refractivity (Wildman–Crippen MR) is 296 cm³/mol. The number of aryl methyl sites for hydroxylation is 1. The number of aromatic nitrogens is 7. The number of likely N-dealkylation sites (tertiary alicyclic amines) is 2. The second-order valence-corrected chi connectivity index (χ2v) is 21.6. The summed E-state index contributed by atoms with van der Waals surface area (Å²) >= 11 is 0. The third-order valence-corrected chi connectivity index (χ3v) is 16.8. The zero-order chi connectivity index (χ0) is 54.8. The number of anilines is 4. The van der Waals surface area contributed by atoms with Crippen LogP contribution in [0.2, 0.25) is 0 Å². The lowest BCUT2D eigenvalue weighted by Crippen LogP contribution is -2.54. The third kappa shape index (κ3) is 9.41. The number of carbonyl (C=O) groups excluding carboxylic acids is 5. The van der Waals surface area contributed by atoms with Crippen LogP contribution in [0.1, 0.15) is 88.7 Å². The zero-order valence-corrected chi connectivity index (χ0v) is 44.1. The van der Waals surface area contributed by atoms with Crippen molar-refractivity contribution < 1.29 is 28.4 Å². The van der Waals surface area contributed by atoms with Crippen molar-refractivity contribution in [2.75, 3.05) is 66.7 Å². The largest absolute Gasteiger partial charge is 0.384 e. The SMILES string of the molecule is Cc1nc2ccc(-c3ccnc(N)c3)nc2n1-c1ccc(N2C[C@@H]3C[C@H]2CN3CC#Cc2ccc(N3CCC(C(=O)N4CCC(n5cc(CNc6cccc7c6C(=O)N(C6CCC(=O)NC6=O)C7=O)cn5)CC4)CC3)nc2)c(F)c1. The number of benzene rings is 2. The molecule has 2 aromatic carbocycles. The van der Waals surface area contributed by atoms with Gasteiger partial charge in [0, 0.05) is 117 Å². The molecule has 13 rings (SSSR count). The molecule has 0 radical (unpaired) electrons. The highest BCUT2D eigenvalue weighted by Crippen LogP contribution is 2.38. The highest BCUT2D eigenvalue weighted by atomic mass is 19.1. The van der Waals surface area contributed by atoms with Gasteiger partial charge in [-0.1, -0.05) is 17.9 Å².